The van der Waals surface area contributed by atoms with Gasteiger partial charge in [-0.1, -0.05) is 42.5 Å². The molecule has 2 heterocycles. The van der Waals surface area contributed by atoms with Crippen molar-refractivity contribution in [1.29, 1.82) is 0 Å². The first-order valence-corrected chi connectivity index (χ1v) is 10.2. The lowest BCUT2D eigenvalue weighted by molar-refractivity contribution is 0.570. The van der Waals surface area contributed by atoms with Gasteiger partial charge in [0.25, 0.3) is 10.0 Å². The van der Waals surface area contributed by atoms with Crippen molar-refractivity contribution >= 4 is 54.6 Å². The van der Waals surface area contributed by atoms with Gasteiger partial charge in [0.1, 0.15) is 4.21 Å². The van der Waals surface area contributed by atoms with Crippen LogP contribution in [-0.2, 0) is 10.0 Å². The molecular formula is C19H17ClN2O2S2. The number of benzene rings is 2. The Morgan fingerprint density at radius 3 is 2.62 bits per heavy atom. The minimum absolute atomic E-state index is 0. The molecule has 0 fully saturated rings. The summed E-state index contributed by atoms with van der Waals surface area (Å²) in [6.45, 7) is 1.87. The number of pyridine rings is 1. The summed E-state index contributed by atoms with van der Waals surface area (Å²) in [5.74, 6) is 0. The molecular weight excluding hydrogens is 388 g/mol. The Hall–Kier alpha value is -1.99. The van der Waals surface area contributed by atoms with Crippen LogP contribution in [0.15, 0.2) is 71.2 Å². The van der Waals surface area contributed by atoms with Crippen LogP contribution in [0.3, 0.4) is 0 Å². The van der Waals surface area contributed by atoms with Crippen molar-refractivity contribution in [1.82, 2.24) is 9.71 Å². The molecule has 7 heteroatoms. The highest BCUT2D eigenvalue weighted by atomic mass is 35.5. The molecule has 0 aliphatic rings. The third kappa shape index (κ3) is 3.46. The molecule has 0 saturated heterocycles. The molecule has 0 bridgehead atoms. The van der Waals surface area contributed by atoms with E-state index in [2.05, 4.69) is 9.71 Å². The number of sulfonamides is 1. The van der Waals surface area contributed by atoms with Gasteiger partial charge >= 0.3 is 0 Å². The fourth-order valence-corrected chi connectivity index (χ4v) is 5.58. The van der Waals surface area contributed by atoms with E-state index in [1.54, 1.807) is 18.5 Å². The molecule has 1 unspecified atom stereocenters. The molecule has 2 aromatic heterocycles. The van der Waals surface area contributed by atoms with Crippen LogP contribution in [0.25, 0.3) is 20.9 Å². The summed E-state index contributed by atoms with van der Waals surface area (Å²) >= 11 is 1.25. The van der Waals surface area contributed by atoms with Gasteiger partial charge in [0.2, 0.25) is 0 Å². The lowest BCUT2D eigenvalue weighted by Crippen LogP contribution is -2.26. The standard InChI is InChI=1S/C19H16N2O2S2.ClH/c1-13(16-8-4-6-14-5-2-3-7-17(14)16)21-25(22,23)19-11-15-12-20-10-9-18(15)24-19;/h2-13,21H,1H3;1H. The second-order valence-corrected chi connectivity index (χ2v) is 8.91. The fraction of sp³-hybridized carbons (Fsp3) is 0.105. The van der Waals surface area contributed by atoms with Crippen LogP contribution in [0, 0.1) is 0 Å². The van der Waals surface area contributed by atoms with E-state index < -0.39 is 10.0 Å². The van der Waals surface area contributed by atoms with E-state index in [1.165, 1.54) is 11.3 Å². The highest BCUT2D eigenvalue weighted by Gasteiger charge is 2.21. The zero-order chi connectivity index (χ0) is 17.4. The Labute approximate surface area is 162 Å². The summed E-state index contributed by atoms with van der Waals surface area (Å²) in [7, 11) is -3.60. The first kappa shape index (κ1) is 18.8. The number of rotatable bonds is 4. The molecule has 4 aromatic rings. The molecule has 0 aliphatic heterocycles. The lowest BCUT2D eigenvalue weighted by atomic mass is 10.0. The predicted molar refractivity (Wildman–Crippen MR) is 110 cm³/mol. The van der Waals surface area contributed by atoms with Gasteiger partial charge in [-0.3, -0.25) is 4.98 Å². The Morgan fingerprint density at radius 1 is 1.04 bits per heavy atom. The number of fused-ring (bicyclic) bond motifs is 2. The summed E-state index contributed by atoms with van der Waals surface area (Å²) in [6.07, 6.45) is 3.35. The van der Waals surface area contributed by atoms with Crippen LogP contribution in [-0.4, -0.2) is 13.4 Å². The second-order valence-electron chi connectivity index (χ2n) is 5.89. The second kappa shape index (κ2) is 7.32. The van der Waals surface area contributed by atoms with E-state index in [-0.39, 0.29) is 18.4 Å². The first-order chi connectivity index (χ1) is 12.0. The van der Waals surface area contributed by atoms with Gasteiger partial charge in [-0.2, -0.15) is 0 Å². The van der Waals surface area contributed by atoms with E-state index in [0.717, 1.165) is 26.4 Å². The normalized spacial score (nSPS) is 12.8. The van der Waals surface area contributed by atoms with Gasteiger partial charge in [0.15, 0.2) is 0 Å². The largest absolute Gasteiger partial charge is 0.264 e. The van der Waals surface area contributed by atoms with Crippen LogP contribution in [0.1, 0.15) is 18.5 Å². The SMILES string of the molecule is CC(NS(=O)(=O)c1cc2cnccc2s1)c1cccc2ccccc12.Cl. The monoisotopic (exact) mass is 404 g/mol. The van der Waals surface area contributed by atoms with Crippen molar-refractivity contribution in [2.45, 2.75) is 17.2 Å². The summed E-state index contributed by atoms with van der Waals surface area (Å²) in [4.78, 5) is 4.04. The number of thiophene rings is 1. The maximum Gasteiger partial charge on any atom is 0.250 e. The molecule has 0 aliphatic carbocycles. The van der Waals surface area contributed by atoms with Gasteiger partial charge in [-0.25, -0.2) is 13.1 Å². The van der Waals surface area contributed by atoms with Gasteiger partial charge < -0.3 is 0 Å². The van der Waals surface area contributed by atoms with Crippen LogP contribution in [0.2, 0.25) is 0 Å². The molecule has 0 saturated carbocycles. The van der Waals surface area contributed by atoms with Crippen molar-refractivity contribution in [2.24, 2.45) is 0 Å². The minimum Gasteiger partial charge on any atom is -0.264 e. The van der Waals surface area contributed by atoms with E-state index in [9.17, 15) is 8.42 Å². The molecule has 4 nitrogen and oxygen atoms in total. The van der Waals surface area contributed by atoms with E-state index in [0.29, 0.717) is 4.21 Å². The maximum atomic E-state index is 12.8. The summed E-state index contributed by atoms with van der Waals surface area (Å²) < 4.78 is 29.6. The van der Waals surface area contributed by atoms with Crippen LogP contribution in [0.4, 0.5) is 0 Å². The van der Waals surface area contributed by atoms with Crippen molar-refractivity contribution in [3.8, 4) is 0 Å². The third-order valence-corrected chi connectivity index (χ3v) is 7.31. The Balaban J connectivity index is 0.00000196. The maximum absolute atomic E-state index is 12.8. The molecule has 1 N–H and O–H groups in total. The fourth-order valence-electron chi connectivity index (χ4n) is 2.97. The predicted octanol–water partition coefficient (Wildman–Crippen LogP) is 4.91. The molecule has 26 heavy (non-hydrogen) atoms. The van der Waals surface area contributed by atoms with Crippen molar-refractivity contribution < 1.29 is 8.42 Å². The van der Waals surface area contributed by atoms with Crippen LogP contribution in [0.5, 0.6) is 0 Å². The number of nitrogens with zero attached hydrogens (tertiary/aromatic N) is 1. The van der Waals surface area contributed by atoms with E-state index >= 15 is 0 Å². The molecule has 1 atom stereocenters. The smallest absolute Gasteiger partial charge is 0.250 e. The third-order valence-electron chi connectivity index (χ3n) is 4.18. The number of hydrogen-bond acceptors (Lipinski definition) is 4. The Kier molecular flexibility index (Phi) is 5.29. The highest BCUT2D eigenvalue weighted by molar-refractivity contribution is 7.91. The quantitative estimate of drug-likeness (QED) is 0.525. The summed E-state index contributed by atoms with van der Waals surface area (Å²) in [5, 5.41) is 2.99. The lowest BCUT2D eigenvalue weighted by Gasteiger charge is -2.16. The van der Waals surface area contributed by atoms with Crippen LogP contribution >= 0.6 is 23.7 Å². The van der Waals surface area contributed by atoms with E-state index in [1.807, 2.05) is 55.5 Å². The number of aromatic nitrogens is 1. The average molecular weight is 405 g/mol. The Morgan fingerprint density at radius 2 is 1.81 bits per heavy atom. The first-order valence-electron chi connectivity index (χ1n) is 7.88. The minimum atomic E-state index is -3.60. The average Bonchev–Trinajstić information content (AvgIpc) is 3.06. The molecule has 4 rings (SSSR count). The van der Waals surface area contributed by atoms with E-state index in [4.69, 9.17) is 0 Å². The number of halogens is 1. The molecule has 2 aromatic carbocycles. The number of nitrogens with one attached hydrogen (secondary N) is 1. The van der Waals surface area contributed by atoms with Gasteiger partial charge in [-0.05, 0) is 35.4 Å². The Bertz CT molecular complexity index is 1130. The van der Waals surface area contributed by atoms with Crippen molar-refractivity contribution in [3.63, 3.8) is 0 Å². The summed E-state index contributed by atoms with van der Waals surface area (Å²) in [6, 6.07) is 17.1. The molecule has 0 radical (unpaired) electrons. The number of hydrogen-bond donors (Lipinski definition) is 1. The zero-order valence-corrected chi connectivity index (χ0v) is 16.4. The van der Waals surface area contributed by atoms with Gasteiger partial charge in [0.05, 0.1) is 0 Å². The molecule has 0 spiro atoms. The topological polar surface area (TPSA) is 59.1 Å². The van der Waals surface area contributed by atoms with Crippen molar-refractivity contribution in [2.75, 3.05) is 0 Å². The van der Waals surface area contributed by atoms with Gasteiger partial charge in [-0.15, -0.1) is 23.7 Å². The van der Waals surface area contributed by atoms with Crippen molar-refractivity contribution in [3.05, 3.63) is 72.6 Å². The van der Waals surface area contributed by atoms with Crippen LogP contribution < -0.4 is 4.72 Å². The molecule has 0 amide bonds. The highest BCUT2D eigenvalue weighted by Crippen LogP contribution is 2.30. The van der Waals surface area contributed by atoms with Gasteiger partial charge in [0, 0.05) is 28.5 Å². The summed E-state index contributed by atoms with van der Waals surface area (Å²) in [5.41, 5.74) is 0.962. The molecule has 134 valence electrons. The zero-order valence-electron chi connectivity index (χ0n) is 13.9.